The van der Waals surface area contributed by atoms with Crippen molar-refractivity contribution in [3.05, 3.63) is 89.5 Å². The highest BCUT2D eigenvalue weighted by atomic mass is 16.5. The van der Waals surface area contributed by atoms with Gasteiger partial charge >= 0.3 is 0 Å². The number of carbonyl (C=O) groups excluding carboxylic acids is 1. The Hall–Kier alpha value is -3.47. The van der Waals surface area contributed by atoms with Gasteiger partial charge in [0, 0.05) is 24.5 Å². The lowest BCUT2D eigenvalue weighted by Gasteiger charge is -2.33. The topological polar surface area (TPSA) is 58.8 Å². The lowest BCUT2D eigenvalue weighted by molar-refractivity contribution is -0.119. The third-order valence-electron chi connectivity index (χ3n) is 5.46. The number of nitrogens with two attached hydrogens (primary N) is 1. The minimum atomic E-state index is -0.481. The molecule has 1 heterocycles. The molecule has 0 unspecified atom stereocenters. The summed E-state index contributed by atoms with van der Waals surface area (Å²) in [6.45, 7) is 5.96. The molecule has 4 rings (SSSR count). The summed E-state index contributed by atoms with van der Waals surface area (Å²) >= 11 is 0. The molecule has 5 heteroatoms. The lowest BCUT2D eigenvalue weighted by atomic mass is 10.1. The third kappa shape index (κ3) is 4.25. The molecule has 1 aliphatic rings. The summed E-state index contributed by atoms with van der Waals surface area (Å²) in [5.74, 6) is 0.158. The van der Waals surface area contributed by atoms with Gasteiger partial charge in [-0.25, -0.2) is 0 Å². The molecule has 0 atom stereocenters. The van der Waals surface area contributed by atoms with Gasteiger partial charge in [0.05, 0.1) is 0 Å². The first-order chi connectivity index (χ1) is 14.5. The first-order valence-electron chi connectivity index (χ1n) is 10.2. The van der Waals surface area contributed by atoms with Gasteiger partial charge in [-0.1, -0.05) is 47.5 Å². The van der Waals surface area contributed by atoms with Crippen LogP contribution < -0.4 is 20.3 Å². The second-order valence-corrected chi connectivity index (χ2v) is 7.76. The molecule has 0 aliphatic carbocycles. The van der Waals surface area contributed by atoms with E-state index in [1.165, 1.54) is 28.1 Å². The molecule has 30 heavy (non-hydrogen) atoms. The second-order valence-electron chi connectivity index (χ2n) is 7.76. The molecule has 3 aromatic carbocycles. The Balaban J connectivity index is 1.67. The maximum absolute atomic E-state index is 11.0. The lowest BCUT2D eigenvalue weighted by Crippen LogP contribution is -2.31. The van der Waals surface area contributed by atoms with Crippen molar-refractivity contribution in [3.8, 4) is 5.75 Å². The van der Waals surface area contributed by atoms with Crippen LogP contribution in [0.3, 0.4) is 0 Å². The third-order valence-corrected chi connectivity index (χ3v) is 5.46. The summed E-state index contributed by atoms with van der Waals surface area (Å²) in [5.41, 5.74) is 11.3. The van der Waals surface area contributed by atoms with E-state index in [2.05, 4.69) is 84.3 Å². The fraction of sp³-hybridized carbons (Fsp3) is 0.240. The average molecular weight is 402 g/mol. The molecule has 5 nitrogen and oxygen atoms in total. The minimum absolute atomic E-state index is 0.0700. The molecule has 0 aromatic heterocycles. The van der Waals surface area contributed by atoms with E-state index in [0.29, 0.717) is 5.75 Å². The molecule has 0 bridgehead atoms. The van der Waals surface area contributed by atoms with Crippen LogP contribution in [0.15, 0.2) is 72.8 Å². The average Bonchev–Trinajstić information content (AvgIpc) is 3.19. The van der Waals surface area contributed by atoms with Crippen molar-refractivity contribution in [1.29, 1.82) is 0 Å². The fourth-order valence-electron chi connectivity index (χ4n) is 3.89. The van der Waals surface area contributed by atoms with Gasteiger partial charge in [-0.05, 0) is 55.8 Å². The van der Waals surface area contributed by atoms with Gasteiger partial charge in [-0.2, -0.15) is 0 Å². The SMILES string of the molecule is Cc1ccc(N2CCN(c3ccc(C)cc3)C2c2ccc(OCC(N)=O)cc2)cc1. The summed E-state index contributed by atoms with van der Waals surface area (Å²) < 4.78 is 5.43. The van der Waals surface area contributed by atoms with Crippen molar-refractivity contribution < 1.29 is 9.53 Å². The fourth-order valence-corrected chi connectivity index (χ4v) is 3.89. The molecule has 3 aromatic rings. The van der Waals surface area contributed by atoms with E-state index in [-0.39, 0.29) is 12.8 Å². The molecule has 1 aliphatic heterocycles. The highest BCUT2D eigenvalue weighted by Gasteiger charge is 2.33. The van der Waals surface area contributed by atoms with Crippen LogP contribution in [0.5, 0.6) is 5.75 Å². The molecular formula is C25H27N3O2. The van der Waals surface area contributed by atoms with Crippen LogP contribution in [-0.2, 0) is 4.79 Å². The Morgan fingerprint density at radius 1 is 0.833 bits per heavy atom. The van der Waals surface area contributed by atoms with E-state index in [1.807, 2.05) is 12.1 Å². The van der Waals surface area contributed by atoms with Crippen molar-refractivity contribution in [2.45, 2.75) is 20.0 Å². The number of nitrogens with zero attached hydrogens (tertiary/aromatic N) is 2. The summed E-state index contributed by atoms with van der Waals surface area (Å²) in [6, 6.07) is 25.3. The first kappa shape index (κ1) is 19.8. The summed E-state index contributed by atoms with van der Waals surface area (Å²) in [4.78, 5) is 15.8. The van der Waals surface area contributed by atoms with E-state index >= 15 is 0 Å². The van der Waals surface area contributed by atoms with Gasteiger partial charge in [-0.15, -0.1) is 0 Å². The summed E-state index contributed by atoms with van der Waals surface area (Å²) in [6.07, 6.45) is 0.0700. The molecule has 2 N–H and O–H groups in total. The maximum Gasteiger partial charge on any atom is 0.255 e. The van der Waals surface area contributed by atoms with E-state index in [4.69, 9.17) is 10.5 Å². The highest BCUT2D eigenvalue weighted by molar-refractivity contribution is 5.75. The van der Waals surface area contributed by atoms with Crippen LogP contribution in [0.2, 0.25) is 0 Å². The van der Waals surface area contributed by atoms with Gasteiger partial charge in [0.25, 0.3) is 5.91 Å². The first-order valence-corrected chi connectivity index (χ1v) is 10.2. The molecule has 0 spiro atoms. The predicted octanol–water partition coefficient (Wildman–Crippen LogP) is 4.19. The largest absolute Gasteiger partial charge is 0.484 e. The number of anilines is 2. The van der Waals surface area contributed by atoms with E-state index in [0.717, 1.165) is 13.1 Å². The molecule has 1 fully saturated rings. The Morgan fingerprint density at radius 3 is 1.73 bits per heavy atom. The number of amides is 1. The zero-order valence-electron chi connectivity index (χ0n) is 17.4. The van der Waals surface area contributed by atoms with Crippen molar-refractivity contribution >= 4 is 17.3 Å². The number of aryl methyl sites for hydroxylation is 2. The molecule has 0 radical (unpaired) electrons. The number of primary amides is 1. The van der Waals surface area contributed by atoms with Crippen molar-refractivity contribution in [3.63, 3.8) is 0 Å². The van der Waals surface area contributed by atoms with Gasteiger partial charge in [0.2, 0.25) is 0 Å². The quantitative estimate of drug-likeness (QED) is 0.673. The van der Waals surface area contributed by atoms with Crippen LogP contribution >= 0.6 is 0 Å². The zero-order valence-corrected chi connectivity index (χ0v) is 17.4. The Labute approximate surface area is 177 Å². The summed E-state index contributed by atoms with van der Waals surface area (Å²) in [7, 11) is 0. The van der Waals surface area contributed by atoms with Gasteiger partial charge in [0.1, 0.15) is 11.9 Å². The standard InChI is InChI=1S/C25H27N3O2/c1-18-3-9-21(10-4-18)27-15-16-28(22-11-5-19(2)6-12-22)25(27)20-7-13-23(14-8-20)30-17-24(26)29/h3-14,25H,15-17H2,1-2H3,(H2,26,29). The number of hydrogen-bond donors (Lipinski definition) is 1. The van der Waals surface area contributed by atoms with Gasteiger partial charge in [0.15, 0.2) is 6.61 Å². The van der Waals surface area contributed by atoms with Crippen LogP contribution in [0.1, 0.15) is 22.9 Å². The number of hydrogen-bond acceptors (Lipinski definition) is 4. The van der Waals surface area contributed by atoms with Crippen molar-refractivity contribution in [2.24, 2.45) is 5.73 Å². The molecule has 0 saturated carbocycles. The Morgan fingerprint density at radius 2 is 1.30 bits per heavy atom. The van der Waals surface area contributed by atoms with Crippen molar-refractivity contribution in [1.82, 2.24) is 0 Å². The van der Waals surface area contributed by atoms with Crippen LogP contribution in [0, 0.1) is 13.8 Å². The maximum atomic E-state index is 11.0. The van der Waals surface area contributed by atoms with Gasteiger partial charge in [-0.3, -0.25) is 4.79 Å². The molecule has 1 amide bonds. The Kier molecular flexibility index (Phi) is 5.61. The van der Waals surface area contributed by atoms with Crippen molar-refractivity contribution in [2.75, 3.05) is 29.5 Å². The zero-order chi connectivity index (χ0) is 21.1. The summed E-state index contributed by atoms with van der Waals surface area (Å²) in [5, 5.41) is 0. The van der Waals surface area contributed by atoms with E-state index < -0.39 is 5.91 Å². The number of carbonyl (C=O) groups is 1. The molecule has 154 valence electrons. The molecule has 1 saturated heterocycles. The van der Waals surface area contributed by atoms with Gasteiger partial charge < -0.3 is 20.3 Å². The van der Waals surface area contributed by atoms with E-state index in [9.17, 15) is 4.79 Å². The van der Waals surface area contributed by atoms with Crippen LogP contribution in [0.25, 0.3) is 0 Å². The number of ether oxygens (including phenoxy) is 1. The monoisotopic (exact) mass is 401 g/mol. The highest BCUT2D eigenvalue weighted by Crippen LogP contribution is 2.38. The predicted molar refractivity (Wildman–Crippen MR) is 121 cm³/mol. The number of rotatable bonds is 6. The number of benzene rings is 3. The van der Waals surface area contributed by atoms with E-state index in [1.54, 1.807) is 0 Å². The molecular weight excluding hydrogens is 374 g/mol. The Bertz CT molecular complexity index is 945. The second kappa shape index (κ2) is 8.49. The van der Waals surface area contributed by atoms with Crippen LogP contribution in [-0.4, -0.2) is 25.6 Å². The smallest absolute Gasteiger partial charge is 0.255 e. The van der Waals surface area contributed by atoms with Crippen LogP contribution in [0.4, 0.5) is 11.4 Å². The minimum Gasteiger partial charge on any atom is -0.484 e. The normalized spacial score (nSPS) is 14.2.